The van der Waals surface area contributed by atoms with Crippen molar-refractivity contribution < 1.29 is 4.74 Å². The highest BCUT2D eigenvalue weighted by Gasteiger charge is 2.16. The summed E-state index contributed by atoms with van der Waals surface area (Å²) >= 11 is 12.6. The van der Waals surface area contributed by atoms with Gasteiger partial charge >= 0.3 is 0 Å². The summed E-state index contributed by atoms with van der Waals surface area (Å²) in [5, 5.41) is 4.86. The number of aryl methyl sites for hydroxylation is 1. The molecule has 0 aromatic heterocycles. The zero-order chi connectivity index (χ0) is 17.6. The maximum Gasteiger partial charge on any atom is 0.142 e. The number of ether oxygens (including phenoxy) is 1. The Morgan fingerprint density at radius 3 is 2.48 bits per heavy atom. The van der Waals surface area contributed by atoms with Gasteiger partial charge in [-0.1, -0.05) is 72.3 Å². The predicted octanol–water partition coefficient (Wildman–Crippen LogP) is 6.30. The Kier molecular flexibility index (Phi) is 6.63. The van der Waals surface area contributed by atoms with Crippen molar-refractivity contribution in [1.29, 1.82) is 0 Å². The molecule has 0 radical (unpaired) electrons. The van der Waals surface area contributed by atoms with E-state index >= 15 is 0 Å². The molecule has 1 N–H and O–H groups in total. The fourth-order valence-corrected chi connectivity index (χ4v) is 3.90. The maximum absolute atomic E-state index is 6.41. The molecular weight excluding hydrogens is 353 g/mol. The summed E-state index contributed by atoms with van der Waals surface area (Å²) in [6.07, 6.45) is 6.46. The Labute approximate surface area is 160 Å². The first-order valence-corrected chi connectivity index (χ1v) is 9.77. The molecule has 25 heavy (non-hydrogen) atoms. The van der Waals surface area contributed by atoms with Crippen molar-refractivity contribution in [2.45, 2.75) is 58.2 Å². The van der Waals surface area contributed by atoms with Crippen LogP contribution in [0.4, 0.5) is 0 Å². The van der Waals surface area contributed by atoms with E-state index in [1.54, 1.807) is 6.07 Å². The lowest BCUT2D eigenvalue weighted by molar-refractivity contribution is 0.300. The van der Waals surface area contributed by atoms with Crippen molar-refractivity contribution in [2.75, 3.05) is 0 Å². The van der Waals surface area contributed by atoms with Crippen LogP contribution in [0.1, 0.15) is 48.8 Å². The van der Waals surface area contributed by atoms with E-state index in [9.17, 15) is 0 Å². The monoisotopic (exact) mass is 377 g/mol. The second-order valence-electron chi connectivity index (χ2n) is 6.87. The molecule has 3 rings (SSSR count). The molecule has 2 nitrogen and oxygen atoms in total. The standard InChI is InChI=1S/C21H25Cl2NO/c1-15-7-9-16(10-8-15)14-25-21-17(11-18(22)12-20(21)23)13-24-19-5-3-2-4-6-19/h7-12,19,24H,2-6,13-14H2,1H3. The molecule has 2 aromatic carbocycles. The van der Waals surface area contributed by atoms with Crippen molar-refractivity contribution in [3.8, 4) is 5.75 Å². The van der Waals surface area contributed by atoms with Crippen LogP contribution in [-0.4, -0.2) is 6.04 Å². The topological polar surface area (TPSA) is 21.3 Å². The van der Waals surface area contributed by atoms with E-state index in [1.165, 1.54) is 37.7 Å². The first-order chi connectivity index (χ1) is 12.1. The number of rotatable bonds is 6. The molecule has 0 atom stereocenters. The van der Waals surface area contributed by atoms with Gasteiger partial charge in [0.2, 0.25) is 0 Å². The third-order valence-corrected chi connectivity index (χ3v) is 5.27. The van der Waals surface area contributed by atoms with E-state index < -0.39 is 0 Å². The van der Waals surface area contributed by atoms with Gasteiger partial charge in [0.1, 0.15) is 12.4 Å². The Bertz CT molecular complexity index is 694. The first kappa shape index (κ1) is 18.6. The Morgan fingerprint density at radius 2 is 1.76 bits per heavy atom. The normalized spacial score (nSPS) is 15.3. The van der Waals surface area contributed by atoms with Gasteiger partial charge in [0.25, 0.3) is 0 Å². The van der Waals surface area contributed by atoms with Gasteiger partial charge in [0, 0.05) is 23.2 Å². The highest BCUT2D eigenvalue weighted by molar-refractivity contribution is 6.35. The summed E-state index contributed by atoms with van der Waals surface area (Å²) in [5.74, 6) is 0.731. The van der Waals surface area contributed by atoms with Crippen molar-refractivity contribution in [3.05, 3.63) is 63.1 Å². The van der Waals surface area contributed by atoms with Crippen LogP contribution >= 0.6 is 23.2 Å². The van der Waals surface area contributed by atoms with Gasteiger partial charge in [-0.15, -0.1) is 0 Å². The quantitative estimate of drug-likeness (QED) is 0.637. The van der Waals surface area contributed by atoms with Gasteiger partial charge in [0.05, 0.1) is 5.02 Å². The summed E-state index contributed by atoms with van der Waals surface area (Å²) in [4.78, 5) is 0. The summed E-state index contributed by atoms with van der Waals surface area (Å²) in [7, 11) is 0. The van der Waals surface area contributed by atoms with Gasteiger partial charge in [-0.2, -0.15) is 0 Å². The minimum absolute atomic E-state index is 0.498. The molecule has 2 aromatic rings. The van der Waals surface area contributed by atoms with Crippen LogP contribution in [0.25, 0.3) is 0 Å². The fourth-order valence-electron chi connectivity index (χ4n) is 3.31. The Morgan fingerprint density at radius 1 is 1.04 bits per heavy atom. The average molecular weight is 378 g/mol. The molecule has 1 fully saturated rings. The molecule has 1 aliphatic rings. The van der Waals surface area contributed by atoms with Gasteiger partial charge < -0.3 is 10.1 Å². The molecule has 1 aliphatic carbocycles. The van der Waals surface area contributed by atoms with Crippen molar-refractivity contribution in [1.82, 2.24) is 5.32 Å². The van der Waals surface area contributed by atoms with Gasteiger partial charge in [-0.05, 0) is 37.5 Å². The number of benzene rings is 2. The number of hydrogen-bond acceptors (Lipinski definition) is 2. The SMILES string of the molecule is Cc1ccc(COc2c(Cl)cc(Cl)cc2CNC2CCCCC2)cc1. The molecule has 0 spiro atoms. The van der Waals surface area contributed by atoms with Crippen LogP contribution in [0.3, 0.4) is 0 Å². The van der Waals surface area contributed by atoms with Gasteiger partial charge in [0.15, 0.2) is 0 Å². The van der Waals surface area contributed by atoms with E-state index in [-0.39, 0.29) is 0 Å². The van der Waals surface area contributed by atoms with Crippen molar-refractivity contribution in [3.63, 3.8) is 0 Å². The Balaban J connectivity index is 1.69. The molecular formula is C21H25Cl2NO. The third-order valence-electron chi connectivity index (χ3n) is 4.78. The lowest BCUT2D eigenvalue weighted by Gasteiger charge is -2.23. The minimum atomic E-state index is 0.498. The van der Waals surface area contributed by atoms with Crippen LogP contribution in [0.5, 0.6) is 5.75 Å². The van der Waals surface area contributed by atoms with E-state index in [1.807, 2.05) is 6.07 Å². The molecule has 0 aliphatic heterocycles. The lowest BCUT2D eigenvalue weighted by Crippen LogP contribution is -2.30. The van der Waals surface area contributed by atoms with Gasteiger partial charge in [-0.25, -0.2) is 0 Å². The van der Waals surface area contributed by atoms with E-state index in [0.29, 0.717) is 22.7 Å². The van der Waals surface area contributed by atoms with Crippen LogP contribution < -0.4 is 10.1 Å². The van der Waals surface area contributed by atoms with Crippen molar-refractivity contribution >= 4 is 23.2 Å². The summed E-state index contributed by atoms with van der Waals surface area (Å²) in [5.41, 5.74) is 3.39. The molecule has 0 saturated heterocycles. The second kappa shape index (κ2) is 8.93. The average Bonchev–Trinajstić information content (AvgIpc) is 2.61. The zero-order valence-corrected chi connectivity index (χ0v) is 16.2. The van der Waals surface area contributed by atoms with Crippen LogP contribution in [0.15, 0.2) is 36.4 Å². The lowest BCUT2D eigenvalue weighted by atomic mass is 9.95. The second-order valence-corrected chi connectivity index (χ2v) is 7.71. The molecule has 0 bridgehead atoms. The summed E-state index contributed by atoms with van der Waals surface area (Å²) < 4.78 is 6.06. The van der Waals surface area contributed by atoms with E-state index in [0.717, 1.165) is 23.4 Å². The van der Waals surface area contributed by atoms with Crippen molar-refractivity contribution in [2.24, 2.45) is 0 Å². The number of hydrogen-bond donors (Lipinski definition) is 1. The fraction of sp³-hybridized carbons (Fsp3) is 0.429. The third kappa shape index (κ3) is 5.37. The molecule has 0 heterocycles. The minimum Gasteiger partial charge on any atom is -0.487 e. The van der Waals surface area contributed by atoms with Crippen LogP contribution in [-0.2, 0) is 13.2 Å². The Hall–Kier alpha value is -1.22. The van der Waals surface area contributed by atoms with E-state index in [2.05, 4.69) is 36.5 Å². The van der Waals surface area contributed by atoms with Gasteiger partial charge in [-0.3, -0.25) is 0 Å². The van der Waals surface area contributed by atoms with E-state index in [4.69, 9.17) is 27.9 Å². The summed E-state index contributed by atoms with van der Waals surface area (Å²) in [6.45, 7) is 3.31. The summed E-state index contributed by atoms with van der Waals surface area (Å²) in [6, 6.07) is 12.6. The first-order valence-electron chi connectivity index (χ1n) is 9.01. The smallest absolute Gasteiger partial charge is 0.142 e. The highest BCUT2D eigenvalue weighted by Crippen LogP contribution is 2.33. The molecule has 4 heteroatoms. The maximum atomic E-state index is 6.41. The molecule has 134 valence electrons. The largest absolute Gasteiger partial charge is 0.487 e. The highest BCUT2D eigenvalue weighted by atomic mass is 35.5. The number of halogens is 2. The van der Waals surface area contributed by atoms with Crippen LogP contribution in [0.2, 0.25) is 10.0 Å². The molecule has 0 amide bonds. The molecule has 0 unspecified atom stereocenters. The predicted molar refractivity (Wildman–Crippen MR) is 106 cm³/mol. The van der Waals surface area contributed by atoms with Crippen LogP contribution in [0, 0.1) is 6.92 Å². The zero-order valence-electron chi connectivity index (χ0n) is 14.7. The molecule has 1 saturated carbocycles. The number of nitrogens with one attached hydrogen (secondary N) is 1.